The Bertz CT molecular complexity index is 878. The molecule has 8 heteroatoms. The Balaban J connectivity index is 1.49. The van der Waals surface area contributed by atoms with Crippen LogP contribution in [0.25, 0.3) is 0 Å². The summed E-state index contributed by atoms with van der Waals surface area (Å²) in [5.74, 6) is -1.18. The van der Waals surface area contributed by atoms with Crippen molar-refractivity contribution in [1.29, 1.82) is 0 Å². The van der Waals surface area contributed by atoms with E-state index in [2.05, 4.69) is 5.32 Å². The average Bonchev–Trinajstić information content (AvgIpc) is 3.36. The Kier molecular flexibility index (Phi) is 5.85. The molecule has 1 aromatic rings. The molecule has 3 heterocycles. The molecule has 0 bridgehead atoms. The van der Waals surface area contributed by atoms with Crippen molar-refractivity contribution >= 4 is 23.6 Å². The van der Waals surface area contributed by atoms with E-state index < -0.39 is 0 Å². The van der Waals surface area contributed by atoms with E-state index in [9.17, 15) is 19.2 Å². The van der Waals surface area contributed by atoms with Crippen LogP contribution in [0.15, 0.2) is 18.2 Å². The first-order valence-electron chi connectivity index (χ1n) is 10.7. The third-order valence-electron chi connectivity index (χ3n) is 6.06. The van der Waals surface area contributed by atoms with Gasteiger partial charge in [0.25, 0.3) is 17.7 Å². The van der Waals surface area contributed by atoms with Gasteiger partial charge < -0.3 is 15.0 Å². The van der Waals surface area contributed by atoms with Crippen molar-refractivity contribution in [3.8, 4) is 0 Å². The fraction of sp³-hybridized carbons (Fsp3) is 0.545. The second-order valence-corrected chi connectivity index (χ2v) is 8.10. The van der Waals surface area contributed by atoms with Gasteiger partial charge in [-0.1, -0.05) is 0 Å². The third kappa shape index (κ3) is 3.84. The van der Waals surface area contributed by atoms with Gasteiger partial charge >= 0.3 is 0 Å². The number of benzene rings is 1. The van der Waals surface area contributed by atoms with Crippen LogP contribution >= 0.6 is 0 Å². The molecule has 3 aliphatic rings. The van der Waals surface area contributed by atoms with Crippen LogP contribution in [0.4, 0.5) is 0 Å². The molecule has 3 aliphatic heterocycles. The maximum Gasteiger partial charge on any atom is 0.261 e. The summed E-state index contributed by atoms with van der Waals surface area (Å²) in [7, 11) is 0. The second kappa shape index (κ2) is 8.55. The van der Waals surface area contributed by atoms with Crippen LogP contribution in [0.1, 0.15) is 63.7 Å². The van der Waals surface area contributed by atoms with E-state index >= 15 is 0 Å². The zero-order valence-corrected chi connectivity index (χ0v) is 17.2. The van der Waals surface area contributed by atoms with Gasteiger partial charge in [0, 0.05) is 31.8 Å². The fourth-order valence-electron chi connectivity index (χ4n) is 4.46. The molecule has 4 amide bonds. The van der Waals surface area contributed by atoms with Gasteiger partial charge in [-0.05, 0) is 50.8 Å². The molecule has 2 unspecified atom stereocenters. The molecule has 1 aromatic carbocycles. The first-order chi connectivity index (χ1) is 14.5. The largest absolute Gasteiger partial charge is 0.376 e. The molecule has 2 fully saturated rings. The topological polar surface area (TPSA) is 96.0 Å². The lowest BCUT2D eigenvalue weighted by atomic mass is 9.96. The lowest BCUT2D eigenvalue weighted by Gasteiger charge is -2.32. The van der Waals surface area contributed by atoms with E-state index in [0.717, 1.165) is 25.7 Å². The van der Waals surface area contributed by atoms with Gasteiger partial charge in [-0.2, -0.15) is 0 Å². The van der Waals surface area contributed by atoms with Crippen molar-refractivity contribution < 1.29 is 23.9 Å². The van der Waals surface area contributed by atoms with Crippen molar-refractivity contribution in [3.63, 3.8) is 0 Å². The number of hydrogen-bond acceptors (Lipinski definition) is 5. The molecular formula is C22H27N3O5. The number of imide groups is 1. The van der Waals surface area contributed by atoms with Gasteiger partial charge in [0.2, 0.25) is 5.91 Å². The summed E-state index contributed by atoms with van der Waals surface area (Å²) in [5, 5.41) is 2.82. The first kappa shape index (κ1) is 20.5. The number of ether oxygens (including phenoxy) is 1. The highest BCUT2D eigenvalue weighted by atomic mass is 16.5. The zero-order chi connectivity index (χ0) is 21.3. The summed E-state index contributed by atoms with van der Waals surface area (Å²) in [5.41, 5.74) is 0.958. The van der Waals surface area contributed by atoms with Crippen LogP contribution < -0.4 is 5.32 Å². The molecular weight excluding hydrogens is 386 g/mol. The van der Waals surface area contributed by atoms with E-state index in [0.29, 0.717) is 37.4 Å². The number of carbonyl (C=O) groups excluding carboxylic acids is 4. The molecule has 1 N–H and O–H groups in total. The average molecular weight is 413 g/mol. The highest BCUT2D eigenvalue weighted by molar-refractivity contribution is 6.22. The van der Waals surface area contributed by atoms with Gasteiger partial charge in [0.15, 0.2) is 0 Å². The van der Waals surface area contributed by atoms with E-state index in [1.54, 1.807) is 17.0 Å². The highest BCUT2D eigenvalue weighted by Gasteiger charge is 2.38. The SMILES string of the molecule is CCNC(=O)C1CCCN(C(=O)c2ccc3c(c2)C(=O)N(CC2CCCO2)C3=O)C1. The quantitative estimate of drug-likeness (QED) is 0.737. The molecule has 0 spiro atoms. The second-order valence-electron chi connectivity index (χ2n) is 8.10. The predicted octanol–water partition coefficient (Wildman–Crippen LogP) is 1.45. The molecule has 4 rings (SSSR count). The number of amides is 4. The molecule has 0 saturated carbocycles. The highest BCUT2D eigenvalue weighted by Crippen LogP contribution is 2.27. The number of hydrogen-bond donors (Lipinski definition) is 1. The first-order valence-corrected chi connectivity index (χ1v) is 10.7. The molecule has 0 aliphatic carbocycles. The Labute approximate surface area is 175 Å². The predicted molar refractivity (Wildman–Crippen MR) is 108 cm³/mol. The van der Waals surface area contributed by atoms with E-state index in [1.165, 1.54) is 11.0 Å². The van der Waals surface area contributed by atoms with Gasteiger partial charge in [0.1, 0.15) is 0 Å². The summed E-state index contributed by atoms with van der Waals surface area (Å²) in [6, 6.07) is 4.67. The van der Waals surface area contributed by atoms with Gasteiger partial charge in [-0.15, -0.1) is 0 Å². The summed E-state index contributed by atoms with van der Waals surface area (Å²) in [4.78, 5) is 53.6. The Hall–Kier alpha value is -2.74. The van der Waals surface area contributed by atoms with Crippen LogP contribution in [-0.2, 0) is 9.53 Å². The monoisotopic (exact) mass is 413 g/mol. The summed E-state index contributed by atoms with van der Waals surface area (Å²) < 4.78 is 5.56. The standard InChI is InChI=1S/C22H27N3O5/c1-2-23-19(26)15-5-3-9-24(12-15)20(27)14-7-8-17-18(11-14)22(29)25(21(17)28)13-16-6-4-10-30-16/h7-8,11,15-16H,2-6,9-10,12-13H2,1H3,(H,23,26). The number of rotatable bonds is 5. The lowest BCUT2D eigenvalue weighted by molar-refractivity contribution is -0.126. The summed E-state index contributed by atoms with van der Waals surface area (Å²) in [6.07, 6.45) is 3.15. The van der Waals surface area contributed by atoms with Crippen LogP contribution in [0.5, 0.6) is 0 Å². The minimum Gasteiger partial charge on any atom is -0.376 e. The van der Waals surface area contributed by atoms with Crippen molar-refractivity contribution in [2.24, 2.45) is 5.92 Å². The molecule has 0 radical (unpaired) electrons. The smallest absolute Gasteiger partial charge is 0.261 e. The van der Waals surface area contributed by atoms with Crippen LogP contribution in [0.2, 0.25) is 0 Å². The Morgan fingerprint density at radius 2 is 1.93 bits per heavy atom. The lowest BCUT2D eigenvalue weighted by Crippen LogP contribution is -2.45. The van der Waals surface area contributed by atoms with Crippen molar-refractivity contribution in [2.45, 2.75) is 38.7 Å². The van der Waals surface area contributed by atoms with Crippen molar-refractivity contribution in [3.05, 3.63) is 34.9 Å². The number of likely N-dealkylation sites (tertiary alicyclic amines) is 1. The number of fused-ring (bicyclic) bond motifs is 1. The number of nitrogens with one attached hydrogen (secondary N) is 1. The van der Waals surface area contributed by atoms with Gasteiger partial charge in [0.05, 0.1) is 29.7 Å². The molecule has 30 heavy (non-hydrogen) atoms. The van der Waals surface area contributed by atoms with Crippen LogP contribution in [-0.4, -0.2) is 72.3 Å². The maximum atomic E-state index is 13.0. The molecule has 8 nitrogen and oxygen atoms in total. The molecule has 160 valence electrons. The van der Waals surface area contributed by atoms with Crippen LogP contribution in [0, 0.1) is 5.92 Å². The number of carbonyl (C=O) groups is 4. The Morgan fingerprint density at radius 1 is 1.13 bits per heavy atom. The molecule has 2 atom stereocenters. The van der Waals surface area contributed by atoms with Gasteiger partial charge in [-0.3, -0.25) is 24.1 Å². The summed E-state index contributed by atoms with van der Waals surface area (Å²) in [6.45, 7) is 4.26. The minimum atomic E-state index is -0.376. The van der Waals surface area contributed by atoms with E-state index in [4.69, 9.17) is 4.74 Å². The minimum absolute atomic E-state index is 0.0329. The fourth-order valence-corrected chi connectivity index (χ4v) is 4.46. The number of nitrogens with zero attached hydrogens (tertiary/aromatic N) is 2. The van der Waals surface area contributed by atoms with E-state index in [1.807, 2.05) is 6.92 Å². The zero-order valence-electron chi connectivity index (χ0n) is 17.2. The van der Waals surface area contributed by atoms with Crippen molar-refractivity contribution in [2.75, 3.05) is 32.8 Å². The third-order valence-corrected chi connectivity index (χ3v) is 6.06. The summed E-state index contributed by atoms with van der Waals surface area (Å²) >= 11 is 0. The maximum absolute atomic E-state index is 13.0. The molecule has 2 saturated heterocycles. The number of piperidine rings is 1. The Morgan fingerprint density at radius 3 is 2.67 bits per heavy atom. The molecule has 0 aromatic heterocycles. The van der Waals surface area contributed by atoms with Gasteiger partial charge in [-0.25, -0.2) is 0 Å². The van der Waals surface area contributed by atoms with Crippen molar-refractivity contribution in [1.82, 2.24) is 15.1 Å². The van der Waals surface area contributed by atoms with Crippen LogP contribution in [0.3, 0.4) is 0 Å². The van der Waals surface area contributed by atoms with E-state index in [-0.39, 0.29) is 47.8 Å². The normalized spacial score (nSPS) is 23.6.